The second kappa shape index (κ2) is 10.4. The van der Waals surface area contributed by atoms with Crippen molar-refractivity contribution in [1.82, 2.24) is 15.1 Å². The van der Waals surface area contributed by atoms with Crippen LogP contribution in [-0.2, 0) is 9.59 Å². The van der Waals surface area contributed by atoms with E-state index in [2.05, 4.69) is 10.2 Å². The minimum Gasteiger partial charge on any atom is -0.507 e. The molecule has 2 aromatic rings. The van der Waals surface area contributed by atoms with Crippen molar-refractivity contribution in [1.29, 1.82) is 0 Å². The van der Waals surface area contributed by atoms with Gasteiger partial charge in [0.2, 0.25) is 0 Å². The highest BCUT2D eigenvalue weighted by atomic mass is 19.1. The lowest BCUT2D eigenvalue weighted by Crippen LogP contribution is -2.46. The van der Waals surface area contributed by atoms with Crippen molar-refractivity contribution in [3.05, 3.63) is 71.0 Å². The Balaban J connectivity index is 1.69. The second-order valence-electron chi connectivity index (χ2n) is 8.83. The van der Waals surface area contributed by atoms with E-state index in [1.165, 1.54) is 17.0 Å². The lowest BCUT2D eigenvalue weighted by Gasteiger charge is -2.31. The number of halogens is 1. The Hall–Kier alpha value is -3.23. The van der Waals surface area contributed by atoms with Crippen molar-refractivity contribution in [2.75, 3.05) is 39.3 Å². The number of nitrogens with zero attached hydrogens (tertiary/aromatic N) is 2. The van der Waals surface area contributed by atoms with Crippen molar-refractivity contribution in [3.8, 4) is 5.75 Å². The highest BCUT2D eigenvalue weighted by molar-refractivity contribution is 6.46. The molecule has 2 heterocycles. The van der Waals surface area contributed by atoms with Gasteiger partial charge in [-0.05, 0) is 55.8 Å². The molecule has 7 nitrogen and oxygen atoms in total. The first-order chi connectivity index (χ1) is 16.3. The Bertz CT molecular complexity index is 1060. The zero-order valence-corrected chi connectivity index (χ0v) is 19.5. The van der Waals surface area contributed by atoms with E-state index in [0.717, 1.165) is 26.2 Å². The molecule has 0 aromatic heterocycles. The summed E-state index contributed by atoms with van der Waals surface area (Å²) in [6, 6.07) is 11.6. The topological polar surface area (TPSA) is 82.1 Å². The van der Waals surface area contributed by atoms with E-state index < -0.39 is 23.5 Å². The largest absolute Gasteiger partial charge is 0.507 e. The summed E-state index contributed by atoms with van der Waals surface area (Å²) in [6.07, 6.45) is -0.000988. The average molecular weight is 468 g/mol. The van der Waals surface area contributed by atoms with Crippen LogP contribution in [0.5, 0.6) is 5.75 Å². The van der Waals surface area contributed by atoms with Crippen LogP contribution in [0.15, 0.2) is 54.1 Å². The summed E-state index contributed by atoms with van der Waals surface area (Å²) >= 11 is 0. The third-order valence-electron chi connectivity index (χ3n) is 6.09. The minimum absolute atomic E-state index is 0.000988. The fraction of sp³-hybridized carbons (Fsp3) is 0.385. The molecular formula is C26H30FN3O4. The molecule has 0 spiro atoms. The summed E-state index contributed by atoms with van der Waals surface area (Å²) in [4.78, 5) is 29.9. The van der Waals surface area contributed by atoms with Gasteiger partial charge in [-0.1, -0.05) is 12.1 Å². The third kappa shape index (κ3) is 5.13. The summed E-state index contributed by atoms with van der Waals surface area (Å²) in [6.45, 7) is 8.22. The Morgan fingerprint density at radius 1 is 1.06 bits per heavy atom. The summed E-state index contributed by atoms with van der Waals surface area (Å²) < 4.78 is 19.3. The predicted molar refractivity (Wildman–Crippen MR) is 127 cm³/mol. The Kier molecular flexibility index (Phi) is 7.29. The molecule has 2 aliphatic heterocycles. The number of Topliss-reactive ketones (excluding diaryl/α,β-unsaturated/α-hetero) is 1. The summed E-state index contributed by atoms with van der Waals surface area (Å²) in [5.74, 6) is -1.44. The van der Waals surface area contributed by atoms with Gasteiger partial charge in [-0.25, -0.2) is 4.39 Å². The van der Waals surface area contributed by atoms with E-state index in [1.54, 1.807) is 36.4 Å². The van der Waals surface area contributed by atoms with Gasteiger partial charge >= 0.3 is 0 Å². The standard InChI is InChI=1S/C26H30FN3O4/c1-17(2)34-21-9-5-19(6-10-21)24(31)22-23(18-3-7-20(27)8-4-18)30(26(33)25(22)32)16-15-29-13-11-28-12-14-29/h3-10,17,23,28,31H,11-16H2,1-2H3/t23-/m0/s1. The molecule has 0 radical (unpaired) electrons. The molecule has 0 aliphatic carbocycles. The van der Waals surface area contributed by atoms with Crippen LogP contribution >= 0.6 is 0 Å². The van der Waals surface area contributed by atoms with Gasteiger partial charge in [0.05, 0.1) is 17.7 Å². The van der Waals surface area contributed by atoms with Gasteiger partial charge in [0, 0.05) is 44.8 Å². The van der Waals surface area contributed by atoms with E-state index in [4.69, 9.17) is 4.74 Å². The number of benzene rings is 2. The zero-order valence-electron chi connectivity index (χ0n) is 19.5. The summed E-state index contributed by atoms with van der Waals surface area (Å²) in [5, 5.41) is 14.4. The predicted octanol–water partition coefficient (Wildman–Crippen LogP) is 2.94. The van der Waals surface area contributed by atoms with Crippen molar-refractivity contribution in [3.63, 3.8) is 0 Å². The monoisotopic (exact) mass is 467 g/mol. The number of nitrogens with one attached hydrogen (secondary N) is 1. The normalized spacial score (nSPS) is 20.8. The number of ether oxygens (including phenoxy) is 1. The smallest absolute Gasteiger partial charge is 0.295 e. The molecule has 2 fully saturated rings. The minimum atomic E-state index is -0.796. The van der Waals surface area contributed by atoms with E-state index in [9.17, 15) is 19.1 Å². The molecule has 2 saturated heterocycles. The first-order valence-electron chi connectivity index (χ1n) is 11.6. The maximum absolute atomic E-state index is 13.6. The number of likely N-dealkylation sites (tertiary alicyclic amines) is 1. The number of hydrogen-bond acceptors (Lipinski definition) is 6. The Morgan fingerprint density at radius 3 is 2.32 bits per heavy atom. The molecule has 34 heavy (non-hydrogen) atoms. The lowest BCUT2D eigenvalue weighted by molar-refractivity contribution is -0.140. The van der Waals surface area contributed by atoms with Gasteiger partial charge in [0.25, 0.3) is 11.7 Å². The van der Waals surface area contributed by atoms with Gasteiger partial charge in [0.1, 0.15) is 17.3 Å². The maximum Gasteiger partial charge on any atom is 0.295 e. The first-order valence-corrected chi connectivity index (χ1v) is 11.6. The number of amides is 1. The lowest BCUT2D eigenvalue weighted by atomic mass is 9.95. The van der Waals surface area contributed by atoms with E-state index >= 15 is 0 Å². The summed E-state index contributed by atoms with van der Waals surface area (Å²) in [5.41, 5.74) is 0.986. The molecule has 0 bridgehead atoms. The molecule has 2 N–H and O–H groups in total. The van der Waals surface area contributed by atoms with Crippen LogP contribution in [0.4, 0.5) is 4.39 Å². The maximum atomic E-state index is 13.6. The Labute approximate surface area is 198 Å². The number of carbonyl (C=O) groups excluding carboxylic acids is 2. The molecule has 2 aromatic carbocycles. The van der Waals surface area contributed by atoms with Gasteiger partial charge in [-0.2, -0.15) is 0 Å². The number of piperazine rings is 1. The van der Waals surface area contributed by atoms with Crippen molar-refractivity contribution in [2.45, 2.75) is 26.0 Å². The molecule has 4 rings (SSSR count). The number of ketones is 1. The highest BCUT2D eigenvalue weighted by Gasteiger charge is 2.46. The molecule has 180 valence electrons. The van der Waals surface area contributed by atoms with Crippen LogP contribution in [0.2, 0.25) is 0 Å². The number of aliphatic hydroxyl groups is 1. The fourth-order valence-electron chi connectivity index (χ4n) is 4.41. The highest BCUT2D eigenvalue weighted by Crippen LogP contribution is 2.39. The van der Waals surface area contributed by atoms with Gasteiger partial charge in [-0.15, -0.1) is 0 Å². The van der Waals surface area contributed by atoms with E-state index in [1.807, 2.05) is 13.8 Å². The molecule has 8 heteroatoms. The van der Waals surface area contributed by atoms with Crippen LogP contribution in [0.1, 0.15) is 31.0 Å². The van der Waals surface area contributed by atoms with Crippen molar-refractivity contribution >= 4 is 17.4 Å². The van der Waals surface area contributed by atoms with Crippen LogP contribution in [0.25, 0.3) is 5.76 Å². The van der Waals surface area contributed by atoms with Gasteiger partial charge < -0.3 is 20.1 Å². The molecule has 1 atom stereocenters. The quantitative estimate of drug-likeness (QED) is 0.370. The SMILES string of the molecule is CC(C)Oc1ccc(C(O)=C2C(=O)C(=O)N(CCN3CCNCC3)[C@H]2c2ccc(F)cc2)cc1. The van der Waals surface area contributed by atoms with Gasteiger partial charge in [-0.3, -0.25) is 14.5 Å². The molecule has 1 amide bonds. The third-order valence-corrected chi connectivity index (χ3v) is 6.09. The van der Waals surface area contributed by atoms with Crippen LogP contribution in [0, 0.1) is 5.82 Å². The average Bonchev–Trinajstić information content (AvgIpc) is 3.08. The van der Waals surface area contributed by atoms with Crippen LogP contribution in [0.3, 0.4) is 0 Å². The van der Waals surface area contributed by atoms with Crippen molar-refractivity contribution < 1.29 is 23.8 Å². The molecule has 0 unspecified atom stereocenters. The van der Waals surface area contributed by atoms with E-state index in [0.29, 0.717) is 30.0 Å². The molecular weight excluding hydrogens is 437 g/mol. The fourth-order valence-corrected chi connectivity index (χ4v) is 4.41. The van der Waals surface area contributed by atoms with Crippen LogP contribution in [-0.4, -0.2) is 72.0 Å². The van der Waals surface area contributed by atoms with Crippen molar-refractivity contribution in [2.24, 2.45) is 0 Å². The molecule has 2 aliphatic rings. The number of rotatable bonds is 7. The van der Waals surface area contributed by atoms with Gasteiger partial charge in [0.15, 0.2) is 0 Å². The number of hydrogen-bond donors (Lipinski definition) is 2. The summed E-state index contributed by atoms with van der Waals surface area (Å²) in [7, 11) is 0. The zero-order chi connectivity index (χ0) is 24.2. The second-order valence-corrected chi connectivity index (χ2v) is 8.83. The van der Waals surface area contributed by atoms with Crippen LogP contribution < -0.4 is 10.1 Å². The Morgan fingerprint density at radius 2 is 1.71 bits per heavy atom. The van der Waals surface area contributed by atoms with E-state index in [-0.39, 0.29) is 17.4 Å². The number of aliphatic hydroxyl groups excluding tert-OH is 1. The first kappa shape index (κ1) is 23.9. The number of carbonyl (C=O) groups is 2. The molecule has 0 saturated carbocycles.